The van der Waals surface area contributed by atoms with Gasteiger partial charge in [0.25, 0.3) is 0 Å². The van der Waals surface area contributed by atoms with E-state index in [9.17, 15) is 23.1 Å². The van der Waals surface area contributed by atoms with E-state index in [4.69, 9.17) is 0 Å². The van der Waals surface area contributed by atoms with Crippen LogP contribution < -0.4 is 4.72 Å². The minimum absolute atomic E-state index is 0.0617. The number of amides is 1. The largest absolute Gasteiger partial charge is 0.481 e. The number of hydrogen-bond acceptors (Lipinski definition) is 4. The standard InChI is InChI=1S/C18H26N2O5S/c1-4-19-26(24,25)15-7-5-14(6-8-15)11-16(21)20-10-9-18(12-20,13(2)3)17(22)23/h5-8,13,19H,4,9-12H2,1-3H3,(H,22,23). The van der Waals surface area contributed by atoms with E-state index < -0.39 is 21.4 Å². The van der Waals surface area contributed by atoms with Gasteiger partial charge in [0.05, 0.1) is 16.7 Å². The molecule has 144 valence electrons. The van der Waals surface area contributed by atoms with Gasteiger partial charge in [-0.2, -0.15) is 0 Å². The van der Waals surface area contributed by atoms with E-state index in [2.05, 4.69) is 4.72 Å². The zero-order valence-electron chi connectivity index (χ0n) is 15.4. The Bertz CT molecular complexity index is 773. The summed E-state index contributed by atoms with van der Waals surface area (Å²) in [5, 5.41) is 9.57. The maximum absolute atomic E-state index is 12.5. The second-order valence-electron chi connectivity index (χ2n) is 7.00. The molecule has 0 aliphatic carbocycles. The number of carboxylic acid groups (broad SMARTS) is 1. The summed E-state index contributed by atoms with van der Waals surface area (Å²) in [5.74, 6) is -1.06. The summed E-state index contributed by atoms with van der Waals surface area (Å²) in [6.45, 7) is 6.38. The maximum Gasteiger partial charge on any atom is 0.311 e. The van der Waals surface area contributed by atoms with Crippen LogP contribution in [0.15, 0.2) is 29.2 Å². The van der Waals surface area contributed by atoms with Gasteiger partial charge in [-0.15, -0.1) is 0 Å². The molecule has 1 aliphatic rings. The Morgan fingerprint density at radius 2 is 1.88 bits per heavy atom. The number of likely N-dealkylation sites (tertiary alicyclic amines) is 1. The lowest BCUT2D eigenvalue weighted by Crippen LogP contribution is -2.41. The fourth-order valence-corrected chi connectivity index (χ4v) is 4.33. The number of carbonyl (C=O) groups is 2. The zero-order chi connectivity index (χ0) is 19.5. The van der Waals surface area contributed by atoms with Gasteiger partial charge in [0, 0.05) is 19.6 Å². The molecule has 0 bridgehead atoms. The summed E-state index contributed by atoms with van der Waals surface area (Å²) >= 11 is 0. The van der Waals surface area contributed by atoms with Gasteiger partial charge in [-0.25, -0.2) is 13.1 Å². The third-order valence-electron chi connectivity index (χ3n) is 5.11. The van der Waals surface area contributed by atoms with Crippen molar-refractivity contribution in [2.45, 2.75) is 38.5 Å². The Kier molecular flexibility index (Phi) is 6.08. The first-order valence-electron chi connectivity index (χ1n) is 8.72. The average Bonchev–Trinajstić information content (AvgIpc) is 3.02. The van der Waals surface area contributed by atoms with Crippen molar-refractivity contribution >= 4 is 21.9 Å². The quantitative estimate of drug-likeness (QED) is 0.743. The van der Waals surface area contributed by atoms with E-state index in [1.807, 2.05) is 13.8 Å². The Hall–Kier alpha value is -1.93. The maximum atomic E-state index is 12.5. The summed E-state index contributed by atoms with van der Waals surface area (Å²) in [7, 11) is -3.52. The molecule has 1 amide bonds. The average molecular weight is 382 g/mol. The van der Waals surface area contributed by atoms with Crippen molar-refractivity contribution < 1.29 is 23.1 Å². The number of sulfonamides is 1. The highest BCUT2D eigenvalue weighted by Crippen LogP contribution is 2.38. The van der Waals surface area contributed by atoms with Gasteiger partial charge in [0.15, 0.2) is 0 Å². The van der Waals surface area contributed by atoms with Gasteiger partial charge in [-0.1, -0.05) is 32.9 Å². The molecule has 0 radical (unpaired) electrons. The fraction of sp³-hybridized carbons (Fsp3) is 0.556. The van der Waals surface area contributed by atoms with Crippen LogP contribution in [0.2, 0.25) is 0 Å². The monoisotopic (exact) mass is 382 g/mol. The van der Waals surface area contributed by atoms with Crippen LogP contribution in [0.25, 0.3) is 0 Å². The summed E-state index contributed by atoms with van der Waals surface area (Å²) in [4.78, 5) is 26.0. The molecular formula is C18H26N2O5S. The van der Waals surface area contributed by atoms with Gasteiger partial charge in [0.2, 0.25) is 15.9 Å². The fourth-order valence-electron chi connectivity index (χ4n) is 3.29. The lowest BCUT2D eigenvalue weighted by Gasteiger charge is -2.28. The van der Waals surface area contributed by atoms with Crippen molar-refractivity contribution in [1.82, 2.24) is 9.62 Å². The minimum Gasteiger partial charge on any atom is -0.481 e. The summed E-state index contributed by atoms with van der Waals surface area (Å²) < 4.78 is 26.3. The lowest BCUT2D eigenvalue weighted by molar-refractivity contribution is -0.151. The van der Waals surface area contributed by atoms with Crippen molar-refractivity contribution in [1.29, 1.82) is 0 Å². The van der Waals surface area contributed by atoms with Gasteiger partial charge >= 0.3 is 5.97 Å². The molecule has 2 rings (SSSR count). The highest BCUT2D eigenvalue weighted by molar-refractivity contribution is 7.89. The molecule has 1 aromatic rings. The van der Waals surface area contributed by atoms with Gasteiger partial charge < -0.3 is 10.0 Å². The molecule has 1 atom stereocenters. The minimum atomic E-state index is -3.52. The Labute approximate surface area is 154 Å². The van der Waals surface area contributed by atoms with Crippen molar-refractivity contribution in [2.75, 3.05) is 19.6 Å². The molecule has 7 nitrogen and oxygen atoms in total. The van der Waals surface area contributed by atoms with Crippen molar-refractivity contribution in [2.24, 2.45) is 11.3 Å². The predicted octanol–water partition coefficient (Wildman–Crippen LogP) is 1.49. The molecule has 1 aliphatic heterocycles. The van der Waals surface area contributed by atoms with Crippen LogP contribution in [0.5, 0.6) is 0 Å². The van der Waals surface area contributed by atoms with Crippen LogP contribution in [-0.2, 0) is 26.0 Å². The van der Waals surface area contributed by atoms with Gasteiger partial charge in [0.1, 0.15) is 0 Å². The van der Waals surface area contributed by atoms with Crippen LogP contribution in [0.3, 0.4) is 0 Å². The number of nitrogens with one attached hydrogen (secondary N) is 1. The van der Waals surface area contributed by atoms with Crippen LogP contribution in [-0.4, -0.2) is 49.9 Å². The van der Waals surface area contributed by atoms with Crippen LogP contribution in [0, 0.1) is 11.3 Å². The first-order valence-corrected chi connectivity index (χ1v) is 10.2. The molecule has 0 aromatic heterocycles. The van der Waals surface area contributed by atoms with Crippen molar-refractivity contribution in [3.8, 4) is 0 Å². The smallest absolute Gasteiger partial charge is 0.311 e. The lowest BCUT2D eigenvalue weighted by atomic mass is 9.76. The number of benzene rings is 1. The number of hydrogen-bond donors (Lipinski definition) is 2. The number of nitrogens with zero attached hydrogens (tertiary/aromatic N) is 1. The highest BCUT2D eigenvalue weighted by atomic mass is 32.2. The number of carboxylic acids is 1. The Morgan fingerprint density at radius 1 is 1.27 bits per heavy atom. The van der Waals surface area contributed by atoms with E-state index in [-0.39, 0.29) is 29.7 Å². The molecule has 1 unspecified atom stereocenters. The molecule has 26 heavy (non-hydrogen) atoms. The summed E-state index contributed by atoms with van der Waals surface area (Å²) in [6.07, 6.45) is 0.570. The summed E-state index contributed by atoms with van der Waals surface area (Å²) in [5.41, 5.74) is -0.192. The van der Waals surface area contributed by atoms with Crippen molar-refractivity contribution in [3.63, 3.8) is 0 Å². The molecular weight excluding hydrogens is 356 g/mol. The van der Waals surface area contributed by atoms with E-state index in [0.29, 0.717) is 25.1 Å². The van der Waals surface area contributed by atoms with E-state index in [1.54, 1.807) is 24.0 Å². The van der Waals surface area contributed by atoms with Crippen LogP contribution >= 0.6 is 0 Å². The molecule has 1 aromatic carbocycles. The Morgan fingerprint density at radius 3 is 2.35 bits per heavy atom. The molecule has 1 saturated heterocycles. The molecule has 8 heteroatoms. The third kappa shape index (κ3) is 4.07. The first kappa shape index (κ1) is 20.4. The third-order valence-corrected chi connectivity index (χ3v) is 6.67. The number of rotatable bonds is 7. The van der Waals surface area contributed by atoms with Gasteiger partial charge in [-0.05, 0) is 30.0 Å². The second-order valence-corrected chi connectivity index (χ2v) is 8.77. The molecule has 1 fully saturated rings. The van der Waals surface area contributed by atoms with Crippen molar-refractivity contribution in [3.05, 3.63) is 29.8 Å². The molecule has 2 N–H and O–H groups in total. The normalized spacial score (nSPS) is 20.5. The topological polar surface area (TPSA) is 104 Å². The van der Waals surface area contributed by atoms with E-state index in [1.165, 1.54) is 12.1 Å². The summed E-state index contributed by atoms with van der Waals surface area (Å²) in [6, 6.07) is 6.18. The number of carbonyl (C=O) groups excluding carboxylic acids is 1. The highest BCUT2D eigenvalue weighted by Gasteiger charge is 2.48. The second kappa shape index (κ2) is 7.75. The van der Waals surface area contributed by atoms with Gasteiger partial charge in [-0.3, -0.25) is 9.59 Å². The number of aliphatic carboxylic acids is 1. The first-order chi connectivity index (χ1) is 12.1. The zero-order valence-corrected chi connectivity index (χ0v) is 16.2. The Balaban J connectivity index is 2.06. The molecule has 0 saturated carbocycles. The predicted molar refractivity (Wildman–Crippen MR) is 97.1 cm³/mol. The van der Waals surface area contributed by atoms with Crippen LogP contribution in [0.1, 0.15) is 32.8 Å². The van der Waals surface area contributed by atoms with Crippen LogP contribution in [0.4, 0.5) is 0 Å². The SMILES string of the molecule is CCNS(=O)(=O)c1ccc(CC(=O)N2CCC(C(=O)O)(C(C)C)C2)cc1. The molecule has 0 spiro atoms. The van der Waals surface area contributed by atoms with E-state index >= 15 is 0 Å². The molecule has 1 heterocycles. The van der Waals surface area contributed by atoms with E-state index in [0.717, 1.165) is 0 Å².